The molecule has 0 spiro atoms. The Hall–Kier alpha value is -3.43. The molecular formula is C28H34F3N7O2. The minimum absolute atomic E-state index is 0.00303. The van der Waals surface area contributed by atoms with Gasteiger partial charge < -0.3 is 24.8 Å². The quantitative estimate of drug-likeness (QED) is 0.576. The molecule has 2 fully saturated rings. The van der Waals surface area contributed by atoms with Gasteiger partial charge in [-0.3, -0.25) is 4.79 Å². The van der Waals surface area contributed by atoms with Crippen molar-refractivity contribution in [3.63, 3.8) is 0 Å². The lowest BCUT2D eigenvalue weighted by atomic mass is 10.0. The van der Waals surface area contributed by atoms with Gasteiger partial charge in [-0.1, -0.05) is 6.07 Å². The van der Waals surface area contributed by atoms with E-state index in [1.165, 1.54) is 17.9 Å². The molecule has 0 bridgehead atoms. The summed E-state index contributed by atoms with van der Waals surface area (Å²) in [6.45, 7) is 4.81. The first-order valence-corrected chi connectivity index (χ1v) is 13.7. The zero-order chi connectivity index (χ0) is 28.4. The van der Waals surface area contributed by atoms with E-state index in [0.717, 1.165) is 25.5 Å². The number of halogens is 3. The number of amides is 1. The van der Waals surface area contributed by atoms with Crippen molar-refractivity contribution in [3.05, 3.63) is 40.6 Å². The van der Waals surface area contributed by atoms with E-state index in [1.807, 2.05) is 7.05 Å². The molecule has 5 rings (SSSR count). The van der Waals surface area contributed by atoms with Crippen molar-refractivity contribution in [2.24, 2.45) is 0 Å². The number of nitriles is 1. The lowest BCUT2D eigenvalue weighted by Crippen LogP contribution is -2.51. The maximum atomic E-state index is 14.0. The molecule has 12 heteroatoms. The highest BCUT2D eigenvalue weighted by Crippen LogP contribution is 2.38. The summed E-state index contributed by atoms with van der Waals surface area (Å²) in [5.74, 6) is 0.130. The highest BCUT2D eigenvalue weighted by Gasteiger charge is 2.36. The van der Waals surface area contributed by atoms with Crippen LogP contribution in [0.1, 0.15) is 52.9 Å². The van der Waals surface area contributed by atoms with Crippen LogP contribution in [0.15, 0.2) is 18.2 Å². The van der Waals surface area contributed by atoms with Crippen LogP contribution in [0, 0.1) is 18.3 Å². The smallest absolute Gasteiger partial charge is 0.416 e. The third-order valence-electron chi connectivity index (χ3n) is 8.09. The monoisotopic (exact) mass is 557 g/mol. The summed E-state index contributed by atoms with van der Waals surface area (Å²) in [7, 11) is 2.04. The summed E-state index contributed by atoms with van der Waals surface area (Å²) in [5, 5.41) is 12.6. The van der Waals surface area contributed by atoms with Crippen LogP contribution in [-0.2, 0) is 12.6 Å². The molecule has 1 amide bonds. The van der Waals surface area contributed by atoms with Crippen molar-refractivity contribution in [1.82, 2.24) is 20.2 Å². The molecule has 1 unspecified atom stereocenters. The number of rotatable bonds is 6. The lowest BCUT2D eigenvalue weighted by molar-refractivity contribution is -0.138. The van der Waals surface area contributed by atoms with Crippen LogP contribution in [0.2, 0.25) is 0 Å². The Labute approximate surface area is 231 Å². The van der Waals surface area contributed by atoms with Crippen molar-refractivity contribution >= 4 is 17.4 Å². The van der Waals surface area contributed by atoms with Crippen LogP contribution >= 0.6 is 0 Å². The first-order valence-electron chi connectivity index (χ1n) is 13.7. The van der Waals surface area contributed by atoms with Crippen LogP contribution < -0.4 is 19.9 Å². The molecule has 40 heavy (non-hydrogen) atoms. The molecule has 2 aromatic rings. The number of fused-ring (bicyclic) bond motifs is 1. The molecule has 0 radical (unpaired) electrons. The van der Waals surface area contributed by atoms with Crippen LogP contribution in [0.5, 0.6) is 6.01 Å². The van der Waals surface area contributed by atoms with Gasteiger partial charge in [0.1, 0.15) is 18.1 Å². The minimum atomic E-state index is -4.53. The fourth-order valence-electron chi connectivity index (χ4n) is 5.91. The fourth-order valence-corrected chi connectivity index (χ4v) is 5.91. The van der Waals surface area contributed by atoms with E-state index in [4.69, 9.17) is 9.72 Å². The maximum Gasteiger partial charge on any atom is 0.416 e. The average molecular weight is 558 g/mol. The van der Waals surface area contributed by atoms with E-state index in [0.29, 0.717) is 56.9 Å². The lowest BCUT2D eigenvalue weighted by Gasteiger charge is -2.35. The number of ether oxygens (including phenoxy) is 1. The second-order valence-corrected chi connectivity index (χ2v) is 10.7. The number of likely N-dealkylation sites (tertiary alicyclic amines) is 1. The fraction of sp³-hybridized carbons (Fsp3) is 0.571. The number of carbonyl (C=O) groups excluding carboxylic acids is 1. The standard InChI is InChI=1S/C28H34F3N7O2/c1-18-22(28(29,30)31)8-3-9-23(18)38-14-5-7-21-24(26(38)39)34-27(40-17-20-6-4-13-36(20)2)35-25(21)37-15-12-33-19(16-37)10-11-32/h3,8-9,19-20,33H,4-7,10,12-17H2,1-2H3/t19?,20-/m0/s1. The molecular weight excluding hydrogens is 523 g/mol. The number of alkyl halides is 3. The number of carbonyl (C=O) groups is 1. The molecule has 0 aliphatic carbocycles. The summed E-state index contributed by atoms with van der Waals surface area (Å²) < 4.78 is 47.1. The zero-order valence-corrected chi connectivity index (χ0v) is 22.8. The summed E-state index contributed by atoms with van der Waals surface area (Å²) in [6.07, 6.45) is -1.11. The number of nitrogens with one attached hydrogen (secondary N) is 1. The predicted octanol–water partition coefficient (Wildman–Crippen LogP) is 3.56. The third kappa shape index (κ3) is 5.71. The van der Waals surface area contributed by atoms with Crippen molar-refractivity contribution in [2.75, 3.05) is 56.2 Å². The van der Waals surface area contributed by atoms with Crippen molar-refractivity contribution in [2.45, 2.75) is 57.3 Å². The number of hydrogen-bond donors (Lipinski definition) is 1. The van der Waals surface area contributed by atoms with Gasteiger partial charge in [0.05, 0.1) is 18.1 Å². The number of benzene rings is 1. The van der Waals surface area contributed by atoms with Crippen LogP contribution in [-0.4, -0.2) is 79.2 Å². The number of aromatic nitrogens is 2. The molecule has 2 saturated heterocycles. The van der Waals surface area contributed by atoms with Crippen molar-refractivity contribution < 1.29 is 22.7 Å². The number of hydrogen-bond acceptors (Lipinski definition) is 8. The molecule has 4 heterocycles. The molecule has 3 aliphatic heterocycles. The third-order valence-corrected chi connectivity index (χ3v) is 8.09. The van der Waals surface area contributed by atoms with E-state index in [9.17, 15) is 23.2 Å². The molecule has 1 aromatic heterocycles. The largest absolute Gasteiger partial charge is 0.462 e. The van der Waals surface area contributed by atoms with Crippen molar-refractivity contribution in [1.29, 1.82) is 5.26 Å². The van der Waals surface area contributed by atoms with E-state index < -0.39 is 17.6 Å². The Balaban J connectivity index is 1.54. The summed E-state index contributed by atoms with van der Waals surface area (Å²) in [6, 6.07) is 6.37. The SMILES string of the molecule is Cc1c(N2CCCc3c(nc(OC[C@@H]4CCCN4C)nc3N3CCNC(CC#N)C3)C2=O)cccc1C(F)(F)F. The summed E-state index contributed by atoms with van der Waals surface area (Å²) in [4.78, 5) is 29.1. The number of piperazine rings is 1. The van der Waals surface area contributed by atoms with E-state index in [2.05, 4.69) is 26.2 Å². The van der Waals surface area contributed by atoms with E-state index in [-0.39, 0.29) is 41.6 Å². The number of nitrogens with zero attached hydrogens (tertiary/aromatic N) is 6. The topological polar surface area (TPSA) is 97.6 Å². The molecule has 3 aliphatic rings. The van der Waals surface area contributed by atoms with Crippen LogP contribution in [0.4, 0.5) is 24.7 Å². The Bertz CT molecular complexity index is 1300. The zero-order valence-electron chi connectivity index (χ0n) is 22.8. The average Bonchev–Trinajstić information content (AvgIpc) is 3.26. The Morgan fingerprint density at radius 1 is 1.20 bits per heavy atom. The van der Waals surface area contributed by atoms with Gasteiger partial charge in [-0.05, 0) is 63.9 Å². The minimum Gasteiger partial charge on any atom is -0.462 e. The van der Waals surface area contributed by atoms with E-state index in [1.54, 1.807) is 6.07 Å². The molecule has 1 aromatic carbocycles. The molecule has 1 N–H and O–H groups in total. The maximum absolute atomic E-state index is 14.0. The summed E-state index contributed by atoms with van der Waals surface area (Å²) in [5.41, 5.74) is 0.284. The Kier molecular flexibility index (Phi) is 8.14. The van der Waals surface area contributed by atoms with Gasteiger partial charge in [0.15, 0.2) is 0 Å². The highest BCUT2D eigenvalue weighted by molar-refractivity contribution is 6.07. The normalized spacial score (nSPS) is 22.1. The predicted molar refractivity (Wildman–Crippen MR) is 144 cm³/mol. The number of anilines is 2. The Morgan fingerprint density at radius 3 is 2.75 bits per heavy atom. The Morgan fingerprint density at radius 2 is 2.02 bits per heavy atom. The van der Waals surface area contributed by atoms with Gasteiger partial charge in [0.25, 0.3) is 5.91 Å². The molecule has 0 saturated carbocycles. The van der Waals surface area contributed by atoms with Gasteiger partial charge in [-0.25, -0.2) is 0 Å². The molecule has 214 valence electrons. The number of likely N-dealkylation sites (N-methyl/N-ethyl adjacent to an activating group) is 1. The molecule has 2 atom stereocenters. The summed E-state index contributed by atoms with van der Waals surface area (Å²) >= 11 is 0. The van der Waals surface area contributed by atoms with Gasteiger partial charge in [-0.15, -0.1) is 0 Å². The first kappa shape index (κ1) is 28.1. The van der Waals surface area contributed by atoms with Crippen LogP contribution in [0.3, 0.4) is 0 Å². The van der Waals surface area contributed by atoms with Crippen LogP contribution in [0.25, 0.3) is 0 Å². The highest BCUT2D eigenvalue weighted by atomic mass is 19.4. The second-order valence-electron chi connectivity index (χ2n) is 10.7. The van der Waals surface area contributed by atoms with E-state index >= 15 is 0 Å². The van der Waals surface area contributed by atoms with Gasteiger partial charge in [0, 0.05) is 49.5 Å². The van der Waals surface area contributed by atoms with Gasteiger partial charge in [-0.2, -0.15) is 28.4 Å². The molecule has 9 nitrogen and oxygen atoms in total. The van der Waals surface area contributed by atoms with Gasteiger partial charge >= 0.3 is 12.2 Å². The first-order chi connectivity index (χ1) is 19.2. The van der Waals surface area contributed by atoms with Gasteiger partial charge in [0.2, 0.25) is 0 Å². The van der Waals surface area contributed by atoms with Crippen molar-refractivity contribution in [3.8, 4) is 12.1 Å². The second kappa shape index (κ2) is 11.6.